The van der Waals surface area contributed by atoms with Crippen LogP contribution >= 0.6 is 0 Å². The summed E-state index contributed by atoms with van der Waals surface area (Å²) in [4.78, 5) is 9.43. The van der Waals surface area contributed by atoms with Gasteiger partial charge in [-0.3, -0.25) is 9.97 Å². The molecule has 0 radical (unpaired) electrons. The molecule has 3 heterocycles. The molecule has 0 aliphatic heterocycles. The summed E-state index contributed by atoms with van der Waals surface area (Å²) in [5, 5.41) is 8.87. The fourth-order valence-electron chi connectivity index (χ4n) is 3.53. The first kappa shape index (κ1) is 24.1. The Morgan fingerprint density at radius 1 is 0.656 bits per heavy atom. The second kappa shape index (κ2) is 8.09. The molecule has 3 aromatic heterocycles. The zero-order valence-corrected chi connectivity index (χ0v) is 21.4. The number of hydrogen-bond donors (Lipinski definition) is 0. The van der Waals surface area contributed by atoms with Crippen LogP contribution < -0.4 is 0 Å². The van der Waals surface area contributed by atoms with Gasteiger partial charge in [0.25, 0.3) is 0 Å². The minimum Gasteiger partial charge on any atom is -0.423 e. The van der Waals surface area contributed by atoms with Gasteiger partial charge in [-0.1, -0.05) is 53.7 Å². The molecule has 0 aliphatic rings. The van der Waals surface area contributed by atoms with Crippen LogP contribution in [0.4, 0.5) is 0 Å². The summed E-state index contributed by atoms with van der Waals surface area (Å²) in [5.74, 6) is 1.17. The first-order valence-electron chi connectivity index (χ1n) is 11.5. The lowest BCUT2D eigenvalue weighted by atomic mass is 9.82. The largest absolute Gasteiger partial charge is 0.423 e. The summed E-state index contributed by atoms with van der Waals surface area (Å²) < 4.78 is 6.26. The molecule has 32 heavy (non-hydrogen) atoms. The van der Waals surface area contributed by atoms with E-state index < -0.39 is 10.8 Å². The third-order valence-corrected chi connectivity index (χ3v) is 6.81. The molecular weight excluding hydrogens is 396 g/mol. The van der Waals surface area contributed by atoms with E-state index in [-0.39, 0.29) is 10.8 Å². The van der Waals surface area contributed by atoms with Crippen molar-refractivity contribution in [3.8, 4) is 0 Å². The summed E-state index contributed by atoms with van der Waals surface area (Å²) in [6, 6.07) is 8.44. The SMILES string of the molecule is CCC(C)(C)c1ccc(C(C)(C)c2nnc(C(C)(C)c3ccc(C(C)(C)C)nc3)o2)cn1. The van der Waals surface area contributed by atoms with Crippen LogP contribution in [0.25, 0.3) is 0 Å². The molecule has 0 unspecified atom stereocenters. The van der Waals surface area contributed by atoms with E-state index >= 15 is 0 Å². The average Bonchev–Trinajstić information content (AvgIpc) is 3.25. The molecule has 172 valence electrons. The van der Waals surface area contributed by atoms with Gasteiger partial charge in [-0.25, -0.2) is 0 Å². The Morgan fingerprint density at radius 3 is 1.44 bits per heavy atom. The first-order chi connectivity index (χ1) is 14.7. The van der Waals surface area contributed by atoms with E-state index in [1.807, 2.05) is 12.4 Å². The lowest BCUT2D eigenvalue weighted by Gasteiger charge is -2.25. The van der Waals surface area contributed by atoms with Crippen molar-refractivity contribution in [2.75, 3.05) is 0 Å². The minimum absolute atomic E-state index is 0.0142. The normalized spacial score (nSPS) is 13.4. The molecule has 0 bridgehead atoms. The van der Waals surface area contributed by atoms with Crippen LogP contribution in [0.3, 0.4) is 0 Å². The molecule has 3 aromatic rings. The van der Waals surface area contributed by atoms with Gasteiger partial charge in [0.2, 0.25) is 11.8 Å². The standard InChI is InChI=1S/C27H38N4O/c1-11-25(5,6)21-15-13-19(17-29-21)27(9,10)23-31-30-22(32-23)26(7,8)18-12-14-20(28-16-18)24(2,3)4/h12-17H,11H2,1-10H3. The maximum atomic E-state index is 6.26. The number of aromatic nitrogens is 4. The van der Waals surface area contributed by atoms with E-state index in [1.165, 1.54) is 0 Å². The fraction of sp³-hybridized carbons (Fsp3) is 0.556. The quantitative estimate of drug-likeness (QED) is 0.443. The van der Waals surface area contributed by atoms with E-state index in [0.29, 0.717) is 11.8 Å². The maximum Gasteiger partial charge on any atom is 0.226 e. The lowest BCUT2D eigenvalue weighted by Crippen LogP contribution is -2.22. The van der Waals surface area contributed by atoms with Crippen LogP contribution in [0.2, 0.25) is 0 Å². The molecule has 0 aromatic carbocycles. The molecule has 0 saturated carbocycles. The molecule has 0 atom stereocenters. The van der Waals surface area contributed by atoms with Crippen molar-refractivity contribution < 1.29 is 4.42 Å². The highest BCUT2D eigenvalue weighted by atomic mass is 16.4. The van der Waals surface area contributed by atoms with E-state index in [9.17, 15) is 0 Å². The molecule has 0 saturated heterocycles. The molecule has 5 heteroatoms. The Kier molecular flexibility index (Phi) is 6.09. The van der Waals surface area contributed by atoms with Gasteiger partial charge in [-0.2, -0.15) is 0 Å². The number of pyridine rings is 2. The van der Waals surface area contributed by atoms with Gasteiger partial charge < -0.3 is 4.42 Å². The van der Waals surface area contributed by atoms with Crippen LogP contribution in [-0.4, -0.2) is 20.2 Å². The second-order valence-corrected chi connectivity index (χ2v) is 11.5. The molecule has 0 N–H and O–H groups in total. The van der Waals surface area contributed by atoms with Crippen LogP contribution in [0.5, 0.6) is 0 Å². The van der Waals surface area contributed by atoms with Gasteiger partial charge in [0, 0.05) is 34.6 Å². The van der Waals surface area contributed by atoms with Crippen molar-refractivity contribution in [1.82, 2.24) is 20.2 Å². The molecule has 3 rings (SSSR count). The van der Waals surface area contributed by atoms with Crippen molar-refractivity contribution in [2.45, 2.75) is 97.3 Å². The zero-order valence-electron chi connectivity index (χ0n) is 21.4. The van der Waals surface area contributed by atoms with Gasteiger partial charge in [-0.15, -0.1) is 10.2 Å². The highest BCUT2D eigenvalue weighted by molar-refractivity contribution is 5.32. The highest BCUT2D eigenvalue weighted by Crippen LogP contribution is 2.36. The van der Waals surface area contributed by atoms with Crippen LogP contribution in [0.1, 0.15) is 110 Å². The smallest absolute Gasteiger partial charge is 0.226 e. The average molecular weight is 435 g/mol. The summed E-state index contributed by atoms with van der Waals surface area (Å²) in [7, 11) is 0. The monoisotopic (exact) mass is 434 g/mol. The Bertz CT molecular complexity index is 1050. The molecule has 0 amide bonds. The second-order valence-electron chi connectivity index (χ2n) is 11.5. The topological polar surface area (TPSA) is 64.7 Å². The zero-order chi connectivity index (χ0) is 23.9. The predicted octanol–water partition coefficient (Wildman–Crippen LogP) is 6.50. The Labute approximate surface area is 193 Å². The highest BCUT2D eigenvalue weighted by Gasteiger charge is 2.35. The molecule has 0 spiro atoms. The third-order valence-electron chi connectivity index (χ3n) is 6.81. The summed E-state index contributed by atoms with van der Waals surface area (Å²) in [6.45, 7) is 21.5. The minimum atomic E-state index is -0.447. The van der Waals surface area contributed by atoms with Crippen molar-refractivity contribution in [3.63, 3.8) is 0 Å². The first-order valence-corrected chi connectivity index (χ1v) is 11.5. The van der Waals surface area contributed by atoms with E-state index in [0.717, 1.165) is 28.9 Å². The summed E-state index contributed by atoms with van der Waals surface area (Å²) >= 11 is 0. The number of hydrogen-bond acceptors (Lipinski definition) is 5. The van der Waals surface area contributed by atoms with E-state index in [1.54, 1.807) is 0 Å². The van der Waals surface area contributed by atoms with Crippen molar-refractivity contribution >= 4 is 0 Å². The van der Waals surface area contributed by atoms with Crippen LogP contribution in [0, 0.1) is 0 Å². The van der Waals surface area contributed by atoms with Crippen LogP contribution in [-0.2, 0) is 21.7 Å². The van der Waals surface area contributed by atoms with Crippen molar-refractivity contribution in [1.29, 1.82) is 0 Å². The summed E-state index contributed by atoms with van der Waals surface area (Å²) in [5.41, 5.74) is 3.44. The van der Waals surface area contributed by atoms with Crippen molar-refractivity contribution in [2.24, 2.45) is 0 Å². The number of rotatable bonds is 6. The molecule has 0 aliphatic carbocycles. The molecule has 5 nitrogen and oxygen atoms in total. The van der Waals surface area contributed by atoms with Gasteiger partial charge in [0.1, 0.15) is 0 Å². The Balaban J connectivity index is 1.89. The van der Waals surface area contributed by atoms with E-state index in [4.69, 9.17) is 9.40 Å². The van der Waals surface area contributed by atoms with Gasteiger partial charge in [0.15, 0.2) is 0 Å². The number of nitrogens with zero attached hydrogens (tertiary/aromatic N) is 4. The lowest BCUT2D eigenvalue weighted by molar-refractivity contribution is 0.350. The Morgan fingerprint density at radius 2 is 1.09 bits per heavy atom. The van der Waals surface area contributed by atoms with Gasteiger partial charge >= 0.3 is 0 Å². The molecule has 0 fully saturated rings. The van der Waals surface area contributed by atoms with Crippen molar-refractivity contribution in [3.05, 3.63) is 71.0 Å². The van der Waals surface area contributed by atoms with Crippen LogP contribution in [0.15, 0.2) is 41.1 Å². The third kappa shape index (κ3) is 4.48. The summed E-state index contributed by atoms with van der Waals surface area (Å²) in [6.07, 6.45) is 4.90. The fourth-order valence-corrected chi connectivity index (χ4v) is 3.53. The maximum absolute atomic E-state index is 6.26. The van der Waals surface area contributed by atoms with Gasteiger partial charge in [-0.05, 0) is 57.4 Å². The Hall–Kier alpha value is -2.56. The molecular formula is C27H38N4O. The van der Waals surface area contributed by atoms with Gasteiger partial charge in [0.05, 0.1) is 10.8 Å². The van der Waals surface area contributed by atoms with E-state index in [2.05, 4.69) is 109 Å². The predicted molar refractivity (Wildman–Crippen MR) is 129 cm³/mol.